The summed E-state index contributed by atoms with van der Waals surface area (Å²) >= 11 is 17.8. The largest absolute Gasteiger partial charge is 0.335 e. The van der Waals surface area contributed by atoms with Crippen LogP contribution in [0.15, 0.2) is 6.20 Å². The zero-order chi connectivity index (χ0) is 13.3. The lowest BCUT2D eigenvalue weighted by atomic mass is 10.0. The Bertz CT molecular complexity index is 479. The van der Waals surface area contributed by atoms with E-state index in [9.17, 15) is 4.79 Å². The minimum atomic E-state index is -0.175. The van der Waals surface area contributed by atoms with E-state index in [-0.39, 0.29) is 32.7 Å². The summed E-state index contributed by atoms with van der Waals surface area (Å²) in [6, 6.07) is 0.207. The van der Waals surface area contributed by atoms with Crippen LogP contribution in [0.4, 0.5) is 0 Å². The fraction of sp³-hybridized carbons (Fsp3) is 0.500. The predicted octanol–water partition coefficient (Wildman–Crippen LogP) is 4.06. The Morgan fingerprint density at radius 1 is 1.33 bits per heavy atom. The van der Waals surface area contributed by atoms with Gasteiger partial charge in [-0.25, -0.2) is 4.98 Å². The molecule has 1 aliphatic heterocycles. The molecule has 98 valence electrons. The van der Waals surface area contributed by atoms with E-state index in [1.807, 2.05) is 6.92 Å². The lowest BCUT2D eigenvalue weighted by Gasteiger charge is -2.33. The highest BCUT2D eigenvalue weighted by atomic mass is 35.5. The molecule has 0 spiro atoms. The van der Waals surface area contributed by atoms with E-state index in [1.165, 1.54) is 6.20 Å². The Hall–Kier alpha value is -0.510. The number of carbonyl (C=O) groups is 1. The summed E-state index contributed by atoms with van der Waals surface area (Å²) in [6.07, 6.45) is 4.52. The average Bonchev–Trinajstić information content (AvgIpc) is 2.36. The molecular weight excluding hydrogens is 295 g/mol. The SMILES string of the molecule is C[C@H]1CCCCN1C(=O)c1ncc(Cl)c(Cl)c1Cl. The molecule has 0 saturated carbocycles. The molecule has 1 fully saturated rings. The highest BCUT2D eigenvalue weighted by molar-refractivity contribution is 6.48. The van der Waals surface area contributed by atoms with Gasteiger partial charge in [-0.3, -0.25) is 4.79 Å². The number of nitrogens with zero attached hydrogens (tertiary/aromatic N) is 2. The quantitative estimate of drug-likeness (QED) is 0.784. The summed E-state index contributed by atoms with van der Waals surface area (Å²) in [7, 11) is 0. The van der Waals surface area contributed by atoms with Crippen molar-refractivity contribution in [3.63, 3.8) is 0 Å². The van der Waals surface area contributed by atoms with Crippen molar-refractivity contribution in [1.82, 2.24) is 9.88 Å². The van der Waals surface area contributed by atoms with Gasteiger partial charge in [0.2, 0.25) is 0 Å². The number of carbonyl (C=O) groups excluding carboxylic acids is 1. The monoisotopic (exact) mass is 306 g/mol. The number of hydrogen-bond donors (Lipinski definition) is 0. The zero-order valence-corrected chi connectivity index (χ0v) is 12.2. The van der Waals surface area contributed by atoms with Crippen LogP contribution in [-0.4, -0.2) is 28.4 Å². The first-order chi connectivity index (χ1) is 8.52. The Kier molecular flexibility index (Phi) is 4.36. The van der Waals surface area contributed by atoms with Crippen LogP contribution >= 0.6 is 34.8 Å². The maximum Gasteiger partial charge on any atom is 0.274 e. The molecule has 1 saturated heterocycles. The fourth-order valence-corrected chi connectivity index (χ4v) is 2.69. The first-order valence-corrected chi connectivity index (χ1v) is 6.96. The molecule has 1 aliphatic rings. The Morgan fingerprint density at radius 3 is 2.72 bits per heavy atom. The average molecular weight is 308 g/mol. The molecule has 0 bridgehead atoms. The van der Waals surface area contributed by atoms with E-state index in [2.05, 4.69) is 4.98 Å². The van der Waals surface area contributed by atoms with Crippen LogP contribution in [0.1, 0.15) is 36.7 Å². The molecule has 0 radical (unpaired) electrons. The Morgan fingerprint density at radius 2 is 2.06 bits per heavy atom. The van der Waals surface area contributed by atoms with Gasteiger partial charge in [0.05, 0.1) is 15.1 Å². The second-order valence-electron chi connectivity index (χ2n) is 4.43. The molecule has 2 rings (SSSR count). The van der Waals surface area contributed by atoms with Gasteiger partial charge in [-0.1, -0.05) is 34.8 Å². The highest BCUT2D eigenvalue weighted by Crippen LogP contribution is 2.32. The van der Waals surface area contributed by atoms with Crippen molar-refractivity contribution in [2.45, 2.75) is 32.2 Å². The lowest BCUT2D eigenvalue weighted by Crippen LogP contribution is -2.42. The lowest BCUT2D eigenvalue weighted by molar-refractivity contribution is 0.0630. The first-order valence-electron chi connectivity index (χ1n) is 5.83. The molecule has 0 unspecified atom stereocenters. The van der Waals surface area contributed by atoms with E-state index in [0.717, 1.165) is 25.8 Å². The van der Waals surface area contributed by atoms with Crippen molar-refractivity contribution >= 4 is 40.7 Å². The van der Waals surface area contributed by atoms with Crippen LogP contribution < -0.4 is 0 Å². The third-order valence-electron chi connectivity index (χ3n) is 3.18. The third-order valence-corrected chi connectivity index (χ3v) is 4.42. The van der Waals surface area contributed by atoms with Gasteiger partial charge in [0, 0.05) is 18.8 Å². The fourth-order valence-electron chi connectivity index (χ4n) is 2.13. The normalized spacial score (nSPS) is 20.0. The standard InChI is InChI=1S/C12H13Cl3N2O/c1-7-4-2-3-5-17(7)12(18)11-10(15)9(14)8(13)6-16-11/h6-7H,2-5H2,1H3/t7-/m0/s1. The van der Waals surface area contributed by atoms with E-state index in [4.69, 9.17) is 34.8 Å². The number of aromatic nitrogens is 1. The van der Waals surface area contributed by atoms with Crippen LogP contribution in [-0.2, 0) is 0 Å². The summed E-state index contributed by atoms with van der Waals surface area (Å²) in [5, 5.41) is 0.568. The summed E-state index contributed by atoms with van der Waals surface area (Å²) in [5.41, 5.74) is 0.180. The van der Waals surface area contributed by atoms with Gasteiger partial charge in [0.1, 0.15) is 5.69 Å². The minimum absolute atomic E-state index is 0.131. The summed E-state index contributed by atoms with van der Waals surface area (Å²) < 4.78 is 0. The van der Waals surface area contributed by atoms with Gasteiger partial charge < -0.3 is 4.90 Å². The molecular formula is C12H13Cl3N2O. The van der Waals surface area contributed by atoms with E-state index >= 15 is 0 Å². The van der Waals surface area contributed by atoms with Crippen LogP contribution in [0.5, 0.6) is 0 Å². The van der Waals surface area contributed by atoms with E-state index < -0.39 is 0 Å². The number of amides is 1. The maximum atomic E-state index is 12.4. The molecule has 1 atom stereocenters. The molecule has 1 aromatic rings. The number of rotatable bonds is 1. The molecule has 2 heterocycles. The molecule has 0 aromatic carbocycles. The van der Waals surface area contributed by atoms with Crippen molar-refractivity contribution in [3.05, 3.63) is 27.0 Å². The Balaban J connectivity index is 2.31. The molecule has 3 nitrogen and oxygen atoms in total. The summed E-state index contributed by atoms with van der Waals surface area (Å²) in [5.74, 6) is -0.175. The number of likely N-dealkylation sites (tertiary alicyclic amines) is 1. The second kappa shape index (κ2) is 5.64. The van der Waals surface area contributed by atoms with E-state index in [1.54, 1.807) is 4.90 Å². The number of hydrogen-bond acceptors (Lipinski definition) is 2. The summed E-state index contributed by atoms with van der Waals surface area (Å²) in [4.78, 5) is 18.2. The second-order valence-corrected chi connectivity index (χ2v) is 5.59. The molecule has 1 aromatic heterocycles. The maximum absolute atomic E-state index is 12.4. The smallest absolute Gasteiger partial charge is 0.274 e. The minimum Gasteiger partial charge on any atom is -0.335 e. The number of pyridine rings is 1. The van der Waals surface area contributed by atoms with Gasteiger partial charge in [0.25, 0.3) is 5.91 Å². The van der Waals surface area contributed by atoms with Crippen LogP contribution in [0.2, 0.25) is 15.1 Å². The molecule has 0 aliphatic carbocycles. The van der Waals surface area contributed by atoms with Crippen LogP contribution in [0.25, 0.3) is 0 Å². The van der Waals surface area contributed by atoms with E-state index in [0.29, 0.717) is 0 Å². The van der Waals surface area contributed by atoms with Gasteiger partial charge in [-0.2, -0.15) is 0 Å². The van der Waals surface area contributed by atoms with Crippen molar-refractivity contribution in [1.29, 1.82) is 0 Å². The highest BCUT2D eigenvalue weighted by Gasteiger charge is 2.27. The van der Waals surface area contributed by atoms with Crippen LogP contribution in [0.3, 0.4) is 0 Å². The van der Waals surface area contributed by atoms with Crippen molar-refractivity contribution in [2.75, 3.05) is 6.54 Å². The number of halogens is 3. The number of piperidine rings is 1. The summed E-state index contributed by atoms with van der Waals surface area (Å²) in [6.45, 7) is 2.76. The molecule has 18 heavy (non-hydrogen) atoms. The Labute approximate surface area is 121 Å². The molecule has 0 N–H and O–H groups in total. The van der Waals surface area contributed by atoms with Crippen molar-refractivity contribution in [2.24, 2.45) is 0 Å². The van der Waals surface area contributed by atoms with Gasteiger partial charge in [-0.05, 0) is 26.2 Å². The van der Waals surface area contributed by atoms with Crippen molar-refractivity contribution < 1.29 is 4.79 Å². The zero-order valence-electron chi connectivity index (χ0n) is 9.92. The van der Waals surface area contributed by atoms with Crippen LogP contribution in [0, 0.1) is 0 Å². The van der Waals surface area contributed by atoms with Gasteiger partial charge >= 0.3 is 0 Å². The molecule has 6 heteroatoms. The van der Waals surface area contributed by atoms with Gasteiger partial charge in [0.15, 0.2) is 0 Å². The first kappa shape index (κ1) is 13.9. The molecule has 1 amide bonds. The third kappa shape index (κ3) is 2.58. The van der Waals surface area contributed by atoms with Gasteiger partial charge in [-0.15, -0.1) is 0 Å². The van der Waals surface area contributed by atoms with Crippen molar-refractivity contribution in [3.8, 4) is 0 Å². The predicted molar refractivity (Wildman–Crippen MR) is 73.6 cm³/mol. The topological polar surface area (TPSA) is 33.2 Å².